The van der Waals surface area contributed by atoms with Crippen molar-refractivity contribution in [3.05, 3.63) is 51.9 Å². The summed E-state index contributed by atoms with van der Waals surface area (Å²) in [4.78, 5) is 19.9. The van der Waals surface area contributed by atoms with Gasteiger partial charge in [-0.25, -0.2) is 4.98 Å². The van der Waals surface area contributed by atoms with Crippen molar-refractivity contribution in [2.24, 2.45) is 0 Å². The third-order valence-corrected chi connectivity index (χ3v) is 2.48. The van der Waals surface area contributed by atoms with Gasteiger partial charge in [0.2, 0.25) is 5.75 Å². The summed E-state index contributed by atoms with van der Waals surface area (Å²) in [7, 11) is 1.38. The predicted molar refractivity (Wildman–Crippen MR) is 63.4 cm³/mol. The summed E-state index contributed by atoms with van der Waals surface area (Å²) in [5, 5.41) is 0.0646. The highest BCUT2D eigenvalue weighted by molar-refractivity contribution is 6.30. The molecule has 2 heterocycles. The Morgan fingerprint density at radius 1 is 1.41 bits per heavy atom. The van der Waals surface area contributed by atoms with E-state index in [9.17, 15) is 4.79 Å². The minimum Gasteiger partial charge on any atom is -0.489 e. The van der Waals surface area contributed by atoms with Crippen LogP contribution in [0.2, 0.25) is 5.15 Å². The number of aromatic nitrogens is 3. The highest BCUT2D eigenvalue weighted by Crippen LogP contribution is 2.14. The molecule has 0 atom stereocenters. The summed E-state index contributed by atoms with van der Waals surface area (Å²) >= 11 is 5.74. The largest absolute Gasteiger partial charge is 0.489 e. The van der Waals surface area contributed by atoms with Gasteiger partial charge in [0.25, 0.3) is 5.56 Å². The summed E-state index contributed by atoms with van der Waals surface area (Å²) in [6, 6.07) is 5.49. The van der Waals surface area contributed by atoms with Crippen molar-refractivity contribution >= 4 is 11.6 Å². The van der Waals surface area contributed by atoms with E-state index in [-0.39, 0.29) is 16.5 Å². The van der Waals surface area contributed by atoms with E-state index in [0.29, 0.717) is 6.54 Å². The first-order valence-electron chi connectivity index (χ1n) is 4.91. The Labute approximate surface area is 103 Å². The Morgan fingerprint density at radius 2 is 2.24 bits per heavy atom. The first-order valence-corrected chi connectivity index (χ1v) is 5.29. The van der Waals surface area contributed by atoms with Crippen LogP contribution in [0, 0.1) is 0 Å². The fourth-order valence-corrected chi connectivity index (χ4v) is 1.60. The van der Waals surface area contributed by atoms with Crippen LogP contribution in [0.5, 0.6) is 5.75 Å². The molecule has 6 heteroatoms. The van der Waals surface area contributed by atoms with Crippen LogP contribution in [-0.2, 0) is 6.54 Å². The van der Waals surface area contributed by atoms with Gasteiger partial charge in [-0.05, 0) is 12.1 Å². The Balaban J connectivity index is 2.38. The molecular formula is C11H10ClN3O2. The number of hydrogen-bond acceptors (Lipinski definition) is 4. The molecular weight excluding hydrogens is 242 g/mol. The van der Waals surface area contributed by atoms with Crippen molar-refractivity contribution in [2.45, 2.75) is 6.54 Å². The number of pyridine rings is 1. The molecule has 0 aliphatic heterocycles. The van der Waals surface area contributed by atoms with Crippen LogP contribution in [0.25, 0.3) is 0 Å². The molecule has 0 amide bonds. The monoisotopic (exact) mass is 251 g/mol. The van der Waals surface area contributed by atoms with Gasteiger partial charge in [0, 0.05) is 6.20 Å². The zero-order valence-electron chi connectivity index (χ0n) is 9.13. The van der Waals surface area contributed by atoms with Crippen LogP contribution in [0.4, 0.5) is 0 Å². The van der Waals surface area contributed by atoms with E-state index in [0.717, 1.165) is 5.69 Å². The lowest BCUT2D eigenvalue weighted by Crippen LogP contribution is -2.23. The highest BCUT2D eigenvalue weighted by Gasteiger charge is 2.10. The van der Waals surface area contributed by atoms with Crippen LogP contribution in [0.3, 0.4) is 0 Å². The molecule has 0 unspecified atom stereocenters. The standard InChI is InChI=1S/C11H10ClN3O2/c1-17-9-10(12)14-7-15(11(9)16)6-8-4-2-3-5-13-8/h2-5,7H,6H2,1H3. The van der Waals surface area contributed by atoms with E-state index < -0.39 is 0 Å². The smallest absolute Gasteiger partial charge is 0.297 e. The van der Waals surface area contributed by atoms with Gasteiger partial charge in [0.1, 0.15) is 0 Å². The maximum atomic E-state index is 11.9. The third kappa shape index (κ3) is 2.45. The Morgan fingerprint density at radius 3 is 2.88 bits per heavy atom. The van der Waals surface area contributed by atoms with Gasteiger partial charge in [-0.1, -0.05) is 17.7 Å². The average molecular weight is 252 g/mol. The second kappa shape index (κ2) is 4.97. The highest BCUT2D eigenvalue weighted by atomic mass is 35.5. The van der Waals surface area contributed by atoms with Crippen molar-refractivity contribution in [2.75, 3.05) is 7.11 Å². The molecule has 0 aliphatic rings. The molecule has 0 fully saturated rings. The van der Waals surface area contributed by atoms with Gasteiger partial charge < -0.3 is 4.74 Å². The van der Waals surface area contributed by atoms with Gasteiger partial charge in [0.05, 0.1) is 25.7 Å². The number of nitrogens with zero attached hydrogens (tertiary/aromatic N) is 3. The topological polar surface area (TPSA) is 57.0 Å². The van der Waals surface area contributed by atoms with Crippen molar-refractivity contribution in [3.63, 3.8) is 0 Å². The first-order chi connectivity index (χ1) is 8.22. The van der Waals surface area contributed by atoms with Crippen LogP contribution >= 0.6 is 11.6 Å². The van der Waals surface area contributed by atoms with Gasteiger partial charge in [-0.15, -0.1) is 0 Å². The molecule has 5 nitrogen and oxygen atoms in total. The van der Waals surface area contributed by atoms with Crippen LogP contribution in [-0.4, -0.2) is 21.6 Å². The first kappa shape index (κ1) is 11.6. The molecule has 2 aromatic rings. The molecule has 0 aliphatic carbocycles. The van der Waals surface area contributed by atoms with E-state index in [1.807, 2.05) is 18.2 Å². The number of rotatable bonds is 3. The van der Waals surface area contributed by atoms with Gasteiger partial charge in [-0.3, -0.25) is 14.3 Å². The third-order valence-electron chi connectivity index (χ3n) is 2.22. The number of hydrogen-bond donors (Lipinski definition) is 0. The molecule has 0 saturated heterocycles. The lowest BCUT2D eigenvalue weighted by atomic mass is 10.3. The molecule has 2 aromatic heterocycles. The van der Waals surface area contributed by atoms with E-state index in [2.05, 4.69) is 9.97 Å². The maximum absolute atomic E-state index is 11.9. The lowest BCUT2D eigenvalue weighted by Gasteiger charge is -2.07. The number of halogens is 1. The molecule has 0 bridgehead atoms. The van der Waals surface area contributed by atoms with Crippen molar-refractivity contribution in [3.8, 4) is 5.75 Å². The maximum Gasteiger partial charge on any atom is 0.297 e. The fraction of sp³-hybridized carbons (Fsp3) is 0.182. The van der Waals surface area contributed by atoms with E-state index in [1.54, 1.807) is 6.20 Å². The molecule has 2 rings (SSSR count). The summed E-state index contributed by atoms with van der Waals surface area (Å²) in [5.41, 5.74) is 0.443. The van der Waals surface area contributed by atoms with E-state index in [4.69, 9.17) is 16.3 Å². The quantitative estimate of drug-likeness (QED) is 0.773. The summed E-state index contributed by atoms with van der Waals surface area (Å²) in [5.74, 6) is 0.0464. The second-order valence-corrected chi connectivity index (χ2v) is 3.68. The van der Waals surface area contributed by atoms with Gasteiger partial charge >= 0.3 is 0 Å². The summed E-state index contributed by atoms with van der Waals surface area (Å²) < 4.78 is 6.30. The van der Waals surface area contributed by atoms with Crippen molar-refractivity contribution < 1.29 is 4.74 Å². The molecule has 0 aromatic carbocycles. The van der Waals surface area contributed by atoms with Crippen LogP contribution < -0.4 is 10.3 Å². The minimum absolute atomic E-state index is 0.0464. The Hall–Kier alpha value is -1.88. The molecule has 88 valence electrons. The van der Waals surface area contributed by atoms with E-state index >= 15 is 0 Å². The number of methoxy groups -OCH3 is 1. The van der Waals surface area contributed by atoms with Crippen LogP contribution in [0.1, 0.15) is 5.69 Å². The molecule has 0 N–H and O–H groups in total. The van der Waals surface area contributed by atoms with Gasteiger partial charge in [-0.2, -0.15) is 0 Å². The predicted octanol–water partition coefficient (Wildman–Crippen LogP) is 1.35. The summed E-state index contributed by atoms with van der Waals surface area (Å²) in [6.07, 6.45) is 3.04. The number of ether oxygens (including phenoxy) is 1. The molecule has 0 radical (unpaired) electrons. The molecule has 0 spiro atoms. The fourth-order valence-electron chi connectivity index (χ4n) is 1.40. The van der Waals surface area contributed by atoms with Gasteiger partial charge in [0.15, 0.2) is 5.15 Å². The molecule has 0 saturated carbocycles. The second-order valence-electron chi connectivity index (χ2n) is 3.32. The van der Waals surface area contributed by atoms with Crippen LogP contribution in [0.15, 0.2) is 35.5 Å². The van der Waals surface area contributed by atoms with Crippen molar-refractivity contribution in [1.82, 2.24) is 14.5 Å². The zero-order valence-corrected chi connectivity index (χ0v) is 9.89. The Kier molecular flexibility index (Phi) is 3.39. The van der Waals surface area contributed by atoms with Crippen molar-refractivity contribution in [1.29, 1.82) is 0 Å². The zero-order chi connectivity index (χ0) is 12.3. The average Bonchev–Trinajstić information content (AvgIpc) is 2.35. The van der Waals surface area contributed by atoms with E-state index in [1.165, 1.54) is 18.0 Å². The molecule has 17 heavy (non-hydrogen) atoms. The summed E-state index contributed by atoms with van der Waals surface area (Å²) in [6.45, 7) is 0.334. The lowest BCUT2D eigenvalue weighted by molar-refractivity contribution is 0.400. The minimum atomic E-state index is -0.321. The SMILES string of the molecule is COc1c(Cl)ncn(Cc2ccccn2)c1=O. The normalized spacial score (nSPS) is 10.2. The Bertz CT molecular complexity index is 569.